The molecule has 0 unspecified atom stereocenters. The zero-order chi connectivity index (χ0) is 56.0. The van der Waals surface area contributed by atoms with Crippen LogP contribution in [0.4, 0.5) is 0 Å². The largest absolute Gasteiger partial charge is 0.508 e. The highest BCUT2D eigenvalue weighted by Crippen LogP contribution is 2.25. The van der Waals surface area contributed by atoms with Crippen molar-refractivity contribution in [2.75, 3.05) is 47.6 Å². The molecule has 1 aromatic carbocycles. The molecular weight excluding hydrogens is 1070 g/mol. The molecule has 4 rings (SSSR count). The normalized spacial score (nSPS) is 25.0. The number of benzene rings is 1. The summed E-state index contributed by atoms with van der Waals surface area (Å²) in [4.78, 5) is 148. The number of amides is 5. The number of nitrogens with one attached hydrogen (secondary N) is 7. The van der Waals surface area contributed by atoms with Crippen molar-refractivity contribution in [2.45, 2.75) is 135 Å². The highest BCUT2D eigenvalue weighted by atomic mass is 33.1. The standard InChI is InChI=1S/C31H45N7O9S2.C9H15NO2S.C8H13NO2S2/c1-4-16(2)27-31(47)35-20(9-10-24(32)41)28(44)29(45)21(14-25(33)42)37-38-23(17(3)39)15-49-48-12-11-26(43)34-22(30(46)36-27)13-18-5-7-19(40)8-6-18;1-7(11)9-6-13-4-2-3-8(12)5-10-9;1-6(10)8-5-13-12-3-2-7(11)4-9-8/h5-8,16,20-23,27,37-38,40H,4,9-15H2,1-3H3,(H2,32,41)(H2,33,42)(H,34,43)(H,35,47)(H,36,46);9-10H,2-6H2,1H3;8-9H,2-5H2,1H3/t16-,20-,21-,22-,23-,27-;9-;8-/m000/s1. The number of thioether (sulfide) groups is 1. The topological polar surface area (TPSA) is 361 Å². The summed E-state index contributed by atoms with van der Waals surface area (Å²) >= 11 is 1.75. The molecule has 0 aliphatic carbocycles. The Bertz CT molecular complexity index is 2100. The van der Waals surface area contributed by atoms with Gasteiger partial charge in [-0.25, -0.2) is 10.9 Å². The van der Waals surface area contributed by atoms with Gasteiger partial charge in [-0.3, -0.25) is 68.2 Å². The molecule has 1 aromatic rings. The Morgan fingerprint density at radius 1 is 0.640 bits per heavy atom. The van der Waals surface area contributed by atoms with Crippen LogP contribution in [-0.2, 0) is 64.0 Å². The third-order valence-corrected chi connectivity index (χ3v) is 17.6. The van der Waals surface area contributed by atoms with Crippen LogP contribution in [0.25, 0.3) is 0 Å². The van der Waals surface area contributed by atoms with Crippen molar-refractivity contribution in [3.8, 4) is 5.75 Å². The van der Waals surface area contributed by atoms with E-state index in [-0.39, 0.29) is 71.8 Å². The highest BCUT2D eigenvalue weighted by Gasteiger charge is 2.37. The predicted octanol–water partition coefficient (Wildman–Crippen LogP) is 0.437. The summed E-state index contributed by atoms with van der Waals surface area (Å²) in [6.07, 6.45) is 1.23. The first-order valence-corrected chi connectivity index (χ1v) is 30.6. The number of primary amides is 2. The first-order chi connectivity index (χ1) is 35.5. The Morgan fingerprint density at radius 2 is 1.20 bits per heavy atom. The number of aromatic hydroxyl groups is 1. The van der Waals surface area contributed by atoms with Gasteiger partial charge < -0.3 is 32.5 Å². The second-order valence-electron chi connectivity index (χ2n) is 17.9. The Labute approximate surface area is 457 Å². The quantitative estimate of drug-likeness (QED) is 0.100. The van der Waals surface area contributed by atoms with Crippen molar-refractivity contribution >= 4 is 125 Å². The van der Waals surface area contributed by atoms with Crippen LogP contribution in [0.3, 0.4) is 0 Å². The van der Waals surface area contributed by atoms with E-state index in [4.69, 9.17) is 11.5 Å². The molecule has 3 fully saturated rings. The Balaban J connectivity index is 0.000000593. The molecule has 3 saturated heterocycles. The van der Waals surface area contributed by atoms with Gasteiger partial charge in [-0.1, -0.05) is 75.6 Å². The number of rotatable bonds is 12. The number of Topliss-reactive ketones (excluding diaryl/α,β-unsaturated/α-hetero) is 7. The fraction of sp³-hybridized carbons (Fsp3) is 0.625. The molecule has 5 amide bonds. The van der Waals surface area contributed by atoms with E-state index in [9.17, 15) is 62.6 Å². The molecule has 27 heteroatoms. The summed E-state index contributed by atoms with van der Waals surface area (Å²) in [7, 11) is 5.87. The van der Waals surface area contributed by atoms with Crippen LogP contribution < -0.4 is 48.9 Å². The van der Waals surface area contributed by atoms with E-state index in [0.29, 0.717) is 43.7 Å². The molecule has 3 aliphatic rings. The lowest BCUT2D eigenvalue weighted by Crippen LogP contribution is -2.60. The van der Waals surface area contributed by atoms with Crippen LogP contribution in [-0.4, -0.2) is 165 Å². The summed E-state index contributed by atoms with van der Waals surface area (Å²) in [6, 6.07) is -0.623. The first-order valence-electron chi connectivity index (χ1n) is 24.4. The zero-order valence-corrected chi connectivity index (χ0v) is 47.1. The van der Waals surface area contributed by atoms with E-state index in [1.54, 1.807) is 73.2 Å². The number of ketones is 7. The van der Waals surface area contributed by atoms with Gasteiger partial charge in [0.2, 0.25) is 41.1 Å². The molecule has 0 saturated carbocycles. The molecule has 3 aliphatic heterocycles. The van der Waals surface area contributed by atoms with Crippen molar-refractivity contribution in [3.05, 3.63) is 29.8 Å². The average Bonchev–Trinajstić information content (AvgIpc) is 3.54. The van der Waals surface area contributed by atoms with E-state index < -0.39 is 90.1 Å². The van der Waals surface area contributed by atoms with Crippen LogP contribution in [0.15, 0.2) is 24.3 Å². The number of phenolic OH excluding ortho intramolecular Hbond substituents is 1. The van der Waals surface area contributed by atoms with Gasteiger partial charge in [0, 0.05) is 60.9 Å². The Hall–Kier alpha value is -4.35. The number of hydrogen-bond acceptors (Lipinski definition) is 22. The minimum atomic E-state index is -1.58. The summed E-state index contributed by atoms with van der Waals surface area (Å²) in [5.74, 6) is -2.35. The molecule has 8 atom stereocenters. The van der Waals surface area contributed by atoms with E-state index in [2.05, 4.69) is 37.4 Å². The van der Waals surface area contributed by atoms with Gasteiger partial charge in [0.1, 0.15) is 46.7 Å². The average molecular weight is 1140 g/mol. The molecule has 0 bridgehead atoms. The molecule has 0 radical (unpaired) electrons. The van der Waals surface area contributed by atoms with Crippen molar-refractivity contribution in [1.29, 1.82) is 0 Å². The summed E-state index contributed by atoms with van der Waals surface area (Å²) < 4.78 is 0. The van der Waals surface area contributed by atoms with Crippen LogP contribution in [0, 0.1) is 5.92 Å². The lowest BCUT2D eigenvalue weighted by Gasteiger charge is -2.29. The number of hydrazine groups is 1. The molecule has 22 nitrogen and oxygen atoms in total. The number of hydrogen-bond donors (Lipinski definition) is 10. The predicted molar refractivity (Wildman–Crippen MR) is 294 cm³/mol. The Morgan fingerprint density at radius 3 is 1.77 bits per heavy atom. The van der Waals surface area contributed by atoms with Gasteiger partial charge in [0.05, 0.1) is 49.7 Å². The second-order valence-corrected chi connectivity index (χ2v) is 24.3. The lowest BCUT2D eigenvalue weighted by atomic mass is 9.94. The summed E-state index contributed by atoms with van der Waals surface area (Å²) in [5.41, 5.74) is 16.5. The van der Waals surface area contributed by atoms with Crippen LogP contribution in [0.1, 0.15) is 91.5 Å². The van der Waals surface area contributed by atoms with Gasteiger partial charge in [-0.05, 0) is 63.0 Å². The smallest absolute Gasteiger partial charge is 0.243 e. The van der Waals surface area contributed by atoms with Crippen molar-refractivity contribution in [2.24, 2.45) is 17.4 Å². The molecule has 0 aromatic heterocycles. The number of nitrogens with two attached hydrogens (primary N) is 2. The van der Waals surface area contributed by atoms with E-state index in [1.807, 2.05) is 0 Å². The van der Waals surface area contributed by atoms with Gasteiger partial charge in [-0.15, -0.1) is 0 Å². The minimum Gasteiger partial charge on any atom is -0.508 e. The van der Waals surface area contributed by atoms with Gasteiger partial charge in [-0.2, -0.15) is 11.8 Å². The lowest BCUT2D eigenvalue weighted by molar-refractivity contribution is -0.141. The van der Waals surface area contributed by atoms with Crippen LogP contribution in [0.5, 0.6) is 5.75 Å². The van der Waals surface area contributed by atoms with Crippen molar-refractivity contribution < 1.29 is 62.6 Å². The van der Waals surface area contributed by atoms with E-state index in [1.165, 1.54) is 40.6 Å². The second kappa shape index (κ2) is 36.6. The highest BCUT2D eigenvalue weighted by molar-refractivity contribution is 8.77. The SMILES string of the molecule is CC(=O)[C@@H]1CSCCCC(=O)CN1.CC(=O)[C@@H]1CSSCCC(=O)CN1.CC[C@H](C)[C@@H]1NC(=O)[C@H](Cc2ccc(O)cc2)NC(=O)CCSSC[C@@H](C(C)=O)NN[C@@H](CC(N)=O)C(=O)C(=O)[C@H](CCC(N)=O)NC1=O. The van der Waals surface area contributed by atoms with Crippen molar-refractivity contribution in [3.63, 3.8) is 0 Å². The molecule has 0 spiro atoms. The van der Waals surface area contributed by atoms with Crippen LogP contribution >= 0.6 is 54.9 Å². The molecule has 3 heterocycles. The van der Waals surface area contributed by atoms with Gasteiger partial charge in [0.25, 0.3) is 0 Å². The molecule has 12 N–H and O–H groups in total. The van der Waals surface area contributed by atoms with Gasteiger partial charge in [0.15, 0.2) is 0 Å². The van der Waals surface area contributed by atoms with E-state index >= 15 is 0 Å². The summed E-state index contributed by atoms with van der Waals surface area (Å²) in [6.45, 7) is 8.57. The van der Waals surface area contributed by atoms with Gasteiger partial charge >= 0.3 is 0 Å². The fourth-order valence-electron chi connectivity index (χ4n) is 6.84. The molecule has 418 valence electrons. The number of carbonyl (C=O) groups excluding carboxylic acids is 12. The zero-order valence-electron chi connectivity index (χ0n) is 43.0. The number of phenols is 1. The van der Waals surface area contributed by atoms with Crippen molar-refractivity contribution in [1.82, 2.24) is 37.4 Å². The Kier molecular flexibility index (Phi) is 32.6. The minimum absolute atomic E-state index is 0.00865. The molecule has 75 heavy (non-hydrogen) atoms. The summed E-state index contributed by atoms with van der Waals surface area (Å²) in [5, 5.41) is 23.5. The first kappa shape index (κ1) is 66.8. The third kappa shape index (κ3) is 27.5. The maximum absolute atomic E-state index is 13.7. The maximum Gasteiger partial charge on any atom is 0.243 e. The third-order valence-electron chi connectivity index (χ3n) is 11.6. The molecular formula is C48H73N9O13S5. The van der Waals surface area contributed by atoms with Crippen LogP contribution in [0.2, 0.25) is 0 Å². The number of carbonyl (C=O) groups is 12. The monoisotopic (exact) mass is 1140 g/mol. The fourth-order valence-corrected chi connectivity index (χ4v) is 12.5. The maximum atomic E-state index is 13.7. The van der Waals surface area contributed by atoms with E-state index in [0.717, 1.165) is 29.4 Å².